The van der Waals surface area contributed by atoms with E-state index >= 15 is 0 Å². The van der Waals surface area contributed by atoms with E-state index in [4.69, 9.17) is 19.9 Å². The molecule has 0 bridgehead atoms. The van der Waals surface area contributed by atoms with E-state index in [-0.39, 0.29) is 18.3 Å². The third-order valence-electron chi connectivity index (χ3n) is 3.93. The second kappa shape index (κ2) is 11.3. The molecule has 0 fully saturated rings. The van der Waals surface area contributed by atoms with Crippen molar-refractivity contribution in [2.24, 2.45) is 5.73 Å². The summed E-state index contributed by atoms with van der Waals surface area (Å²) >= 11 is 0. The van der Waals surface area contributed by atoms with E-state index in [1.807, 2.05) is 31.2 Å². The van der Waals surface area contributed by atoms with Gasteiger partial charge in [0.1, 0.15) is 23.3 Å². The normalized spacial score (nSPS) is 11.1. The van der Waals surface area contributed by atoms with Gasteiger partial charge in [-0.2, -0.15) is 0 Å². The van der Waals surface area contributed by atoms with Gasteiger partial charge in [0.05, 0.1) is 20.8 Å². The molecule has 1 atom stereocenters. The fourth-order valence-electron chi connectivity index (χ4n) is 2.37. The van der Waals surface area contributed by atoms with Gasteiger partial charge >= 0.3 is 0 Å². The van der Waals surface area contributed by atoms with Gasteiger partial charge in [-0.1, -0.05) is 29.8 Å². The number of carbonyl (C=O) groups is 1. The topological polar surface area (TPSA) is 82.8 Å². The minimum atomic E-state index is -0.667. The van der Waals surface area contributed by atoms with Crippen LogP contribution < -0.4 is 25.3 Å². The lowest BCUT2D eigenvalue weighted by Crippen LogP contribution is -2.35. The maximum absolute atomic E-state index is 12.1. The van der Waals surface area contributed by atoms with Crippen LogP contribution in [0.3, 0.4) is 0 Å². The molecule has 1 amide bonds. The zero-order valence-electron chi connectivity index (χ0n) is 15.9. The number of rotatable bonds is 9. The average molecular weight is 395 g/mol. The molecule has 2 aromatic carbocycles. The van der Waals surface area contributed by atoms with Crippen molar-refractivity contribution in [1.29, 1.82) is 0 Å². The van der Waals surface area contributed by atoms with E-state index in [0.29, 0.717) is 36.8 Å². The van der Waals surface area contributed by atoms with Gasteiger partial charge in [-0.3, -0.25) is 4.79 Å². The molecule has 0 saturated carbocycles. The molecule has 0 saturated heterocycles. The monoisotopic (exact) mass is 394 g/mol. The Morgan fingerprint density at radius 3 is 2.15 bits per heavy atom. The summed E-state index contributed by atoms with van der Waals surface area (Å²) in [5.41, 5.74) is 7.92. The molecule has 0 aliphatic carbocycles. The number of carbonyl (C=O) groups excluding carboxylic acids is 1. The van der Waals surface area contributed by atoms with Gasteiger partial charge in [-0.15, -0.1) is 12.4 Å². The van der Waals surface area contributed by atoms with E-state index in [0.717, 1.165) is 11.1 Å². The van der Waals surface area contributed by atoms with E-state index in [1.165, 1.54) is 0 Å². The molecule has 2 rings (SSSR count). The summed E-state index contributed by atoms with van der Waals surface area (Å²) < 4.78 is 16.1. The fraction of sp³-hybridized carbons (Fsp3) is 0.350. The van der Waals surface area contributed by atoms with Crippen molar-refractivity contribution in [2.45, 2.75) is 19.4 Å². The predicted octanol–water partition coefficient (Wildman–Crippen LogP) is 3.02. The molecular formula is C20H27ClN2O4. The fourth-order valence-corrected chi connectivity index (χ4v) is 2.37. The number of nitrogens with two attached hydrogens (primary N) is 1. The van der Waals surface area contributed by atoms with Gasteiger partial charge in [0.15, 0.2) is 0 Å². The number of methoxy groups -OCH3 is 2. The zero-order valence-corrected chi connectivity index (χ0v) is 16.7. The van der Waals surface area contributed by atoms with Crippen LogP contribution in [-0.4, -0.2) is 33.3 Å². The molecule has 0 spiro atoms. The Kier molecular flexibility index (Phi) is 9.47. The van der Waals surface area contributed by atoms with E-state index in [1.54, 1.807) is 32.4 Å². The maximum Gasteiger partial charge on any atom is 0.241 e. The van der Waals surface area contributed by atoms with Crippen molar-refractivity contribution in [3.8, 4) is 17.2 Å². The van der Waals surface area contributed by atoms with E-state index in [9.17, 15) is 4.79 Å². The lowest BCUT2D eigenvalue weighted by atomic mass is 10.1. The van der Waals surface area contributed by atoms with Crippen LogP contribution in [0.25, 0.3) is 0 Å². The highest BCUT2D eigenvalue weighted by Gasteiger charge is 2.14. The average Bonchev–Trinajstić information content (AvgIpc) is 2.67. The number of benzene rings is 2. The molecule has 0 aliphatic heterocycles. The van der Waals surface area contributed by atoms with E-state index < -0.39 is 6.04 Å². The van der Waals surface area contributed by atoms with Gasteiger partial charge in [0.25, 0.3) is 0 Å². The van der Waals surface area contributed by atoms with Crippen molar-refractivity contribution in [2.75, 3.05) is 27.4 Å². The van der Waals surface area contributed by atoms with Gasteiger partial charge in [-0.05, 0) is 18.9 Å². The number of aryl methyl sites for hydroxylation is 1. The highest BCUT2D eigenvalue weighted by molar-refractivity contribution is 5.85. The molecule has 0 aliphatic rings. The largest absolute Gasteiger partial charge is 0.496 e. The van der Waals surface area contributed by atoms with Gasteiger partial charge in [0, 0.05) is 24.7 Å². The van der Waals surface area contributed by atoms with Crippen LogP contribution in [0.4, 0.5) is 0 Å². The SMILES string of the molecule is COc1cc(OC)cc(OCCCNC(=O)C(N)c2ccc(C)cc2)c1.Cl. The van der Waals surface area contributed by atoms with Gasteiger partial charge in [0.2, 0.25) is 5.91 Å². The molecule has 148 valence electrons. The Bertz CT molecular complexity index is 700. The van der Waals surface area contributed by atoms with Crippen LogP contribution in [0, 0.1) is 6.92 Å². The third-order valence-corrected chi connectivity index (χ3v) is 3.93. The number of nitrogens with one attached hydrogen (secondary N) is 1. The zero-order chi connectivity index (χ0) is 18.9. The highest BCUT2D eigenvalue weighted by atomic mass is 35.5. The molecule has 0 aromatic heterocycles. The Hall–Kier alpha value is -2.44. The first-order valence-corrected chi connectivity index (χ1v) is 8.49. The summed E-state index contributed by atoms with van der Waals surface area (Å²) in [5, 5.41) is 2.83. The summed E-state index contributed by atoms with van der Waals surface area (Å²) in [6.45, 7) is 2.93. The Morgan fingerprint density at radius 2 is 1.59 bits per heavy atom. The van der Waals surface area contributed by atoms with Crippen LogP contribution in [0.5, 0.6) is 17.2 Å². The second-order valence-corrected chi connectivity index (χ2v) is 5.93. The van der Waals surface area contributed by atoms with Crippen LogP contribution in [0.2, 0.25) is 0 Å². The first-order valence-electron chi connectivity index (χ1n) is 8.49. The summed E-state index contributed by atoms with van der Waals surface area (Å²) in [5.74, 6) is 1.79. The number of amides is 1. The number of halogens is 1. The molecule has 0 radical (unpaired) electrons. The third kappa shape index (κ3) is 7.00. The molecule has 6 nitrogen and oxygen atoms in total. The quantitative estimate of drug-likeness (QED) is 0.639. The molecule has 7 heteroatoms. The van der Waals surface area contributed by atoms with Gasteiger partial charge < -0.3 is 25.3 Å². The molecule has 3 N–H and O–H groups in total. The van der Waals surface area contributed by atoms with Crippen molar-refractivity contribution in [3.63, 3.8) is 0 Å². The minimum absolute atomic E-state index is 0. The summed E-state index contributed by atoms with van der Waals surface area (Å²) in [6.07, 6.45) is 0.659. The predicted molar refractivity (Wildman–Crippen MR) is 108 cm³/mol. The van der Waals surface area contributed by atoms with Crippen LogP contribution >= 0.6 is 12.4 Å². The maximum atomic E-state index is 12.1. The Balaban J connectivity index is 0.00000364. The number of hydrogen-bond donors (Lipinski definition) is 2. The first kappa shape index (κ1) is 22.6. The smallest absolute Gasteiger partial charge is 0.241 e. The summed E-state index contributed by atoms with van der Waals surface area (Å²) in [7, 11) is 3.18. The summed E-state index contributed by atoms with van der Waals surface area (Å²) in [6, 6.07) is 12.3. The molecule has 1 unspecified atom stereocenters. The van der Waals surface area contributed by atoms with Gasteiger partial charge in [-0.25, -0.2) is 0 Å². The minimum Gasteiger partial charge on any atom is -0.496 e. The van der Waals surface area contributed by atoms with Crippen LogP contribution in [0.15, 0.2) is 42.5 Å². The Labute approximate surface area is 166 Å². The van der Waals surface area contributed by atoms with E-state index in [2.05, 4.69) is 5.32 Å². The summed E-state index contributed by atoms with van der Waals surface area (Å²) in [4.78, 5) is 12.1. The van der Waals surface area contributed by atoms with Crippen molar-refractivity contribution in [1.82, 2.24) is 5.32 Å². The number of ether oxygens (including phenoxy) is 3. The highest BCUT2D eigenvalue weighted by Crippen LogP contribution is 2.27. The standard InChI is InChI=1S/C20H26N2O4.ClH/c1-14-5-7-15(8-6-14)19(21)20(23)22-9-4-10-26-18-12-16(24-2)11-17(13-18)25-3;/h5-8,11-13,19H,4,9-10,21H2,1-3H3,(H,22,23);1H. The van der Waals surface area contributed by atoms with Crippen LogP contribution in [0.1, 0.15) is 23.6 Å². The molecule has 0 heterocycles. The molecular weight excluding hydrogens is 368 g/mol. The number of hydrogen-bond acceptors (Lipinski definition) is 5. The first-order chi connectivity index (χ1) is 12.5. The van der Waals surface area contributed by atoms with Crippen molar-refractivity contribution >= 4 is 18.3 Å². The molecule has 27 heavy (non-hydrogen) atoms. The Morgan fingerprint density at radius 1 is 1.04 bits per heavy atom. The van der Waals surface area contributed by atoms with Crippen molar-refractivity contribution in [3.05, 3.63) is 53.6 Å². The second-order valence-electron chi connectivity index (χ2n) is 5.93. The van der Waals surface area contributed by atoms with Crippen LogP contribution in [-0.2, 0) is 4.79 Å². The lowest BCUT2D eigenvalue weighted by Gasteiger charge is -2.13. The van der Waals surface area contributed by atoms with Crippen molar-refractivity contribution < 1.29 is 19.0 Å². The lowest BCUT2D eigenvalue weighted by molar-refractivity contribution is -0.122. The molecule has 2 aromatic rings.